The summed E-state index contributed by atoms with van der Waals surface area (Å²) in [4.78, 5) is 11.1. The van der Waals surface area contributed by atoms with Crippen LogP contribution in [-0.4, -0.2) is 23.4 Å². The number of aromatic nitrogens is 3. The lowest BCUT2D eigenvalue weighted by molar-refractivity contribution is 0.600. The van der Waals surface area contributed by atoms with Crippen LogP contribution in [0.4, 0.5) is 11.6 Å². The largest absolute Gasteiger partial charge is 0.368 e. The summed E-state index contributed by atoms with van der Waals surface area (Å²) in [5.74, 6) is 0.0199. The third kappa shape index (κ3) is 2.54. The Balaban J connectivity index is 2.33. The third-order valence-electron chi connectivity index (χ3n) is 2.24. The van der Waals surface area contributed by atoms with Gasteiger partial charge in [0.2, 0.25) is 5.95 Å². The fraction of sp³-hybridized carbons (Fsp3) is 0.100. The molecule has 0 atom stereocenters. The van der Waals surface area contributed by atoms with Gasteiger partial charge >= 0.3 is 0 Å². The van der Waals surface area contributed by atoms with Gasteiger partial charge < -0.3 is 5.73 Å². The molecule has 0 aromatic carbocycles. The number of sulfonamides is 1. The fourth-order valence-corrected chi connectivity index (χ4v) is 2.24. The molecule has 2 heterocycles. The van der Waals surface area contributed by atoms with Crippen molar-refractivity contribution in [1.82, 2.24) is 15.0 Å². The smallest absolute Gasteiger partial charge is 0.265 e. The van der Waals surface area contributed by atoms with Gasteiger partial charge in [-0.15, -0.1) is 0 Å². The molecule has 0 amide bonds. The highest BCUT2D eigenvalue weighted by Gasteiger charge is 2.16. The number of nitrogens with zero attached hydrogens (tertiary/aromatic N) is 3. The van der Waals surface area contributed by atoms with Crippen molar-refractivity contribution >= 4 is 21.7 Å². The molecule has 94 valence electrons. The first-order valence-electron chi connectivity index (χ1n) is 5.00. The quantitative estimate of drug-likeness (QED) is 0.839. The summed E-state index contributed by atoms with van der Waals surface area (Å²) in [6.07, 6.45) is 5.32. The maximum absolute atomic E-state index is 12.0. The number of anilines is 2. The predicted octanol–water partition coefficient (Wildman–Crippen LogP) is 0.563. The monoisotopic (exact) mass is 265 g/mol. The van der Waals surface area contributed by atoms with Gasteiger partial charge in [0, 0.05) is 6.20 Å². The third-order valence-corrected chi connectivity index (χ3v) is 3.56. The molecule has 2 aromatic heterocycles. The molecule has 18 heavy (non-hydrogen) atoms. The molecule has 2 aromatic rings. The van der Waals surface area contributed by atoms with Gasteiger partial charge in [0.05, 0.1) is 24.3 Å². The van der Waals surface area contributed by atoms with Crippen LogP contribution in [-0.2, 0) is 10.0 Å². The van der Waals surface area contributed by atoms with E-state index in [1.807, 2.05) is 0 Å². The number of hydrogen-bond donors (Lipinski definition) is 2. The lowest BCUT2D eigenvalue weighted by Gasteiger charge is -2.09. The minimum absolute atomic E-state index is 0.0199. The molecule has 0 spiro atoms. The molecule has 8 heteroatoms. The fourth-order valence-electron chi connectivity index (χ4n) is 1.24. The van der Waals surface area contributed by atoms with E-state index in [0.717, 1.165) is 18.0 Å². The van der Waals surface area contributed by atoms with Gasteiger partial charge in [-0.1, -0.05) is 0 Å². The van der Waals surface area contributed by atoms with Crippen molar-refractivity contribution in [3.8, 4) is 0 Å². The molecule has 7 nitrogen and oxygen atoms in total. The van der Waals surface area contributed by atoms with E-state index in [2.05, 4.69) is 19.7 Å². The zero-order valence-corrected chi connectivity index (χ0v) is 10.3. The normalized spacial score (nSPS) is 11.2. The van der Waals surface area contributed by atoms with Crippen LogP contribution in [0.2, 0.25) is 0 Å². The molecule has 0 unspecified atom stereocenters. The second kappa shape index (κ2) is 4.57. The minimum Gasteiger partial charge on any atom is -0.368 e. The van der Waals surface area contributed by atoms with E-state index in [0.29, 0.717) is 5.69 Å². The molecule has 0 aliphatic rings. The van der Waals surface area contributed by atoms with Crippen LogP contribution >= 0.6 is 0 Å². The first-order chi connectivity index (χ1) is 8.49. The number of nitrogen functional groups attached to an aromatic ring is 1. The zero-order valence-electron chi connectivity index (χ0n) is 9.53. The standard InChI is InChI=1S/C10H11N5O2S/c1-7-2-3-12-6-9(7)15-18(16,17)8-4-13-10(11)14-5-8/h2-6,15H,1H3,(H2,11,13,14). The minimum atomic E-state index is -3.72. The van der Waals surface area contributed by atoms with Crippen LogP contribution < -0.4 is 10.5 Å². The summed E-state index contributed by atoms with van der Waals surface area (Å²) in [6, 6.07) is 1.71. The van der Waals surface area contributed by atoms with E-state index in [9.17, 15) is 8.42 Å². The summed E-state index contributed by atoms with van der Waals surface area (Å²) < 4.78 is 26.4. The van der Waals surface area contributed by atoms with Gasteiger partial charge in [-0.2, -0.15) is 0 Å². The molecule has 0 fully saturated rings. The summed E-state index contributed by atoms with van der Waals surface area (Å²) in [7, 11) is -3.72. The maximum atomic E-state index is 12.0. The summed E-state index contributed by atoms with van der Waals surface area (Å²) in [5.41, 5.74) is 6.48. The molecular weight excluding hydrogens is 254 g/mol. The Morgan fingerprint density at radius 2 is 1.89 bits per heavy atom. The van der Waals surface area contributed by atoms with Crippen molar-refractivity contribution in [2.75, 3.05) is 10.5 Å². The highest BCUT2D eigenvalue weighted by molar-refractivity contribution is 7.92. The van der Waals surface area contributed by atoms with Crippen LogP contribution in [0.5, 0.6) is 0 Å². The lowest BCUT2D eigenvalue weighted by Crippen LogP contribution is -2.14. The Kier molecular flexibility index (Phi) is 3.11. The van der Waals surface area contributed by atoms with Crippen molar-refractivity contribution in [2.45, 2.75) is 11.8 Å². The Morgan fingerprint density at radius 1 is 1.22 bits per heavy atom. The summed E-state index contributed by atoms with van der Waals surface area (Å²) in [6.45, 7) is 1.78. The van der Waals surface area contributed by atoms with Crippen LogP contribution in [0.1, 0.15) is 5.56 Å². The zero-order chi connectivity index (χ0) is 13.2. The average Bonchev–Trinajstić information content (AvgIpc) is 2.32. The number of pyridine rings is 1. The van der Waals surface area contributed by atoms with Crippen LogP contribution in [0.15, 0.2) is 35.7 Å². The van der Waals surface area contributed by atoms with Crippen molar-refractivity contribution in [3.63, 3.8) is 0 Å². The van der Waals surface area contributed by atoms with Gasteiger partial charge in [0.15, 0.2) is 0 Å². The van der Waals surface area contributed by atoms with Crippen LogP contribution in [0.25, 0.3) is 0 Å². The predicted molar refractivity (Wildman–Crippen MR) is 66.2 cm³/mol. The lowest BCUT2D eigenvalue weighted by atomic mass is 10.3. The van der Waals surface area contributed by atoms with E-state index >= 15 is 0 Å². The van der Waals surface area contributed by atoms with E-state index in [1.54, 1.807) is 19.2 Å². The molecule has 2 rings (SSSR count). The van der Waals surface area contributed by atoms with Gasteiger partial charge in [0.25, 0.3) is 10.0 Å². The Labute approximate surface area is 104 Å². The number of hydrogen-bond acceptors (Lipinski definition) is 6. The number of nitrogens with one attached hydrogen (secondary N) is 1. The van der Waals surface area contributed by atoms with E-state index < -0.39 is 10.0 Å². The number of nitrogens with two attached hydrogens (primary N) is 1. The van der Waals surface area contributed by atoms with Gasteiger partial charge in [0.1, 0.15) is 4.90 Å². The van der Waals surface area contributed by atoms with Crippen molar-refractivity contribution in [1.29, 1.82) is 0 Å². The first-order valence-corrected chi connectivity index (χ1v) is 6.48. The second-order valence-electron chi connectivity index (χ2n) is 3.57. The van der Waals surface area contributed by atoms with Crippen molar-refractivity contribution in [2.24, 2.45) is 0 Å². The highest BCUT2D eigenvalue weighted by atomic mass is 32.2. The first kappa shape index (κ1) is 12.2. The Hall–Kier alpha value is -2.22. The van der Waals surface area contributed by atoms with Crippen molar-refractivity contribution in [3.05, 3.63) is 36.4 Å². The molecule has 0 saturated carbocycles. The van der Waals surface area contributed by atoms with Gasteiger partial charge in [-0.05, 0) is 18.6 Å². The molecule has 0 bridgehead atoms. The van der Waals surface area contributed by atoms with Gasteiger partial charge in [-0.25, -0.2) is 18.4 Å². The van der Waals surface area contributed by atoms with E-state index in [4.69, 9.17) is 5.73 Å². The topological polar surface area (TPSA) is 111 Å². The molecule has 0 saturated heterocycles. The molecule has 0 aliphatic carbocycles. The SMILES string of the molecule is Cc1ccncc1NS(=O)(=O)c1cnc(N)nc1. The van der Waals surface area contributed by atoms with E-state index in [-0.39, 0.29) is 10.8 Å². The average molecular weight is 265 g/mol. The molecule has 0 aliphatic heterocycles. The van der Waals surface area contributed by atoms with Crippen LogP contribution in [0.3, 0.4) is 0 Å². The maximum Gasteiger partial charge on any atom is 0.265 e. The van der Waals surface area contributed by atoms with E-state index in [1.165, 1.54) is 6.20 Å². The second-order valence-corrected chi connectivity index (χ2v) is 5.26. The molecular formula is C10H11N5O2S. The van der Waals surface area contributed by atoms with Crippen LogP contribution in [0, 0.1) is 6.92 Å². The molecule has 3 N–H and O–H groups in total. The Bertz CT molecular complexity index is 654. The summed E-state index contributed by atoms with van der Waals surface area (Å²) in [5, 5.41) is 0. The summed E-state index contributed by atoms with van der Waals surface area (Å²) >= 11 is 0. The number of rotatable bonds is 3. The number of aryl methyl sites for hydroxylation is 1. The molecule has 0 radical (unpaired) electrons. The highest BCUT2D eigenvalue weighted by Crippen LogP contribution is 2.17. The van der Waals surface area contributed by atoms with Crippen molar-refractivity contribution < 1.29 is 8.42 Å². The van der Waals surface area contributed by atoms with Gasteiger partial charge in [-0.3, -0.25) is 9.71 Å². The Morgan fingerprint density at radius 3 is 2.50 bits per heavy atom.